The van der Waals surface area contributed by atoms with E-state index in [0.29, 0.717) is 10.3 Å². The van der Waals surface area contributed by atoms with Gasteiger partial charge in [-0.05, 0) is 30.2 Å². The number of imidazole rings is 1. The van der Waals surface area contributed by atoms with E-state index in [1.54, 1.807) is 0 Å². The minimum Gasteiger partial charge on any atom is -0.348 e. The van der Waals surface area contributed by atoms with E-state index < -0.39 is 69.0 Å². The molecule has 0 aliphatic heterocycles. The Balaban J connectivity index is 2.64. The van der Waals surface area contributed by atoms with E-state index in [0.717, 1.165) is 0 Å². The van der Waals surface area contributed by atoms with Crippen LogP contribution in [0.5, 0.6) is 0 Å². The first-order valence-electron chi connectivity index (χ1n) is 10.1. The van der Waals surface area contributed by atoms with Gasteiger partial charge in [0.2, 0.25) is 0 Å². The predicted molar refractivity (Wildman–Crippen MR) is 98.2 cm³/mol. The molecule has 1 aromatic carbocycles. The first-order valence-corrected chi connectivity index (χ1v) is 7.64. The summed E-state index contributed by atoms with van der Waals surface area (Å²) in [5.41, 5.74) is -2.54. The molecule has 3 aromatic rings. The minimum atomic E-state index is -1.40. The molecule has 7 heteroatoms. The molecule has 0 unspecified atom stereocenters. The maximum absolute atomic E-state index is 14.0. The minimum absolute atomic E-state index is 0.0559. The molecule has 0 atom stereocenters. The summed E-state index contributed by atoms with van der Waals surface area (Å²) in [5, 5.41) is -0.983. The van der Waals surface area contributed by atoms with Crippen LogP contribution in [0.15, 0.2) is 40.1 Å². The van der Waals surface area contributed by atoms with Crippen LogP contribution in [0.25, 0.3) is 18.3 Å². The lowest BCUT2D eigenvalue weighted by atomic mass is 9.90. The lowest BCUT2D eigenvalue weighted by molar-refractivity contribution is 0.571. The van der Waals surface area contributed by atoms with Gasteiger partial charge in [0, 0.05) is 16.8 Å². The third-order valence-corrected chi connectivity index (χ3v) is 3.60. The summed E-state index contributed by atoms with van der Waals surface area (Å²) in [6.45, 7) is 8.97. The quantitative estimate of drug-likeness (QED) is 0.714. The third kappa shape index (κ3) is 3.15. The SMILES string of the molecule is [2H]C(c1nc[nH]c1C(C)(C)C)=c1c(=O)[nH]c(=C)c(=O)n1-c1c([2H])c([2H])c(F)c([2H])c1[2H]. The van der Waals surface area contributed by atoms with Gasteiger partial charge in [0.05, 0.1) is 18.9 Å². The number of aromatic amines is 2. The van der Waals surface area contributed by atoms with Gasteiger partial charge < -0.3 is 9.97 Å². The van der Waals surface area contributed by atoms with E-state index in [2.05, 4.69) is 21.5 Å². The molecule has 0 fully saturated rings. The maximum Gasteiger partial charge on any atom is 0.278 e. The second-order valence-corrected chi connectivity index (χ2v) is 6.59. The monoisotopic (exact) mass is 359 g/mol. The van der Waals surface area contributed by atoms with Crippen LogP contribution in [0.2, 0.25) is 0 Å². The molecule has 0 bridgehead atoms. The highest BCUT2D eigenvalue weighted by Crippen LogP contribution is 2.22. The number of rotatable bonds is 2. The fourth-order valence-electron chi connectivity index (χ4n) is 2.39. The molecule has 0 amide bonds. The molecule has 2 N–H and O–H groups in total. The van der Waals surface area contributed by atoms with Crippen LogP contribution in [0.3, 0.4) is 0 Å². The van der Waals surface area contributed by atoms with E-state index in [-0.39, 0.29) is 5.69 Å². The predicted octanol–water partition coefficient (Wildman–Crippen LogP) is 0.925. The number of benzene rings is 1. The zero-order valence-electron chi connectivity index (χ0n) is 19.4. The van der Waals surface area contributed by atoms with Gasteiger partial charge in [0.15, 0.2) is 0 Å². The molecule has 3 rings (SSSR count). The smallest absolute Gasteiger partial charge is 0.278 e. The topological polar surface area (TPSA) is 83.5 Å². The van der Waals surface area contributed by atoms with Crippen LogP contribution in [0.1, 0.15) is 39.0 Å². The summed E-state index contributed by atoms with van der Waals surface area (Å²) >= 11 is 0. The molecule has 2 aromatic heterocycles. The van der Waals surface area contributed by atoms with Crippen LogP contribution in [-0.2, 0) is 5.41 Å². The van der Waals surface area contributed by atoms with Crippen LogP contribution in [-0.4, -0.2) is 19.5 Å². The summed E-state index contributed by atoms with van der Waals surface area (Å²) in [6, 6.07) is -4.27. The van der Waals surface area contributed by atoms with Crippen molar-refractivity contribution in [2.24, 2.45) is 0 Å². The van der Waals surface area contributed by atoms with E-state index in [4.69, 9.17) is 6.85 Å². The number of hydrogen-bond acceptors (Lipinski definition) is 3. The summed E-state index contributed by atoms with van der Waals surface area (Å²) in [5.74, 6) is -1.40. The van der Waals surface area contributed by atoms with Crippen molar-refractivity contribution in [3.8, 4) is 5.69 Å². The maximum atomic E-state index is 14.0. The van der Waals surface area contributed by atoms with E-state index >= 15 is 0 Å². The lowest BCUT2D eigenvalue weighted by Gasteiger charge is -2.17. The molecular formula is C19H19FN4O2. The van der Waals surface area contributed by atoms with Gasteiger partial charge in [0.1, 0.15) is 16.5 Å². The van der Waals surface area contributed by atoms with Gasteiger partial charge in [0.25, 0.3) is 11.1 Å². The van der Waals surface area contributed by atoms with Gasteiger partial charge in [-0.1, -0.05) is 27.4 Å². The second kappa shape index (κ2) is 6.25. The largest absolute Gasteiger partial charge is 0.348 e. The molecule has 0 aliphatic rings. The summed E-state index contributed by atoms with van der Waals surface area (Å²) in [4.78, 5) is 35.0. The normalized spacial score (nSPS) is 15.6. The van der Waals surface area contributed by atoms with Gasteiger partial charge >= 0.3 is 0 Å². The lowest BCUT2D eigenvalue weighted by Crippen LogP contribution is -2.52. The highest BCUT2D eigenvalue weighted by molar-refractivity contribution is 5.49. The van der Waals surface area contributed by atoms with E-state index in [1.807, 2.05) is 20.8 Å². The molecule has 0 saturated heterocycles. The van der Waals surface area contributed by atoms with Crippen molar-refractivity contribution in [1.29, 1.82) is 0 Å². The summed E-state index contributed by atoms with van der Waals surface area (Å²) < 4.78 is 54.9. The van der Waals surface area contributed by atoms with E-state index in [9.17, 15) is 14.0 Å². The number of nitrogens with zero attached hydrogens (tertiary/aromatic N) is 2. The Morgan fingerprint density at radius 3 is 2.58 bits per heavy atom. The zero-order chi connectivity index (χ0) is 23.4. The first-order chi connectivity index (χ1) is 14.3. The number of H-pyrrole nitrogens is 2. The van der Waals surface area contributed by atoms with Crippen LogP contribution in [0, 0.1) is 5.82 Å². The van der Waals surface area contributed by atoms with Crippen molar-refractivity contribution in [2.75, 3.05) is 0 Å². The van der Waals surface area contributed by atoms with Crippen molar-refractivity contribution in [2.45, 2.75) is 26.2 Å². The average molecular weight is 359 g/mol. The Morgan fingerprint density at radius 1 is 1.31 bits per heavy atom. The summed E-state index contributed by atoms with van der Waals surface area (Å²) in [6.07, 6.45) is 1.32. The van der Waals surface area contributed by atoms with Crippen LogP contribution >= 0.6 is 0 Å². The van der Waals surface area contributed by atoms with Gasteiger partial charge in [-0.2, -0.15) is 0 Å². The number of hydrogen-bond donors (Lipinski definition) is 2. The number of nitrogens with one attached hydrogen (secondary N) is 2. The van der Waals surface area contributed by atoms with E-state index in [1.165, 1.54) is 6.33 Å². The second-order valence-electron chi connectivity index (χ2n) is 6.59. The highest BCUT2D eigenvalue weighted by Gasteiger charge is 2.19. The van der Waals surface area contributed by atoms with Crippen molar-refractivity contribution in [3.63, 3.8) is 0 Å². The van der Waals surface area contributed by atoms with Gasteiger partial charge in [-0.15, -0.1) is 0 Å². The van der Waals surface area contributed by atoms with Gasteiger partial charge in [-0.25, -0.2) is 9.37 Å². The summed E-state index contributed by atoms with van der Waals surface area (Å²) in [7, 11) is 0. The molecule has 134 valence electrons. The highest BCUT2D eigenvalue weighted by atomic mass is 19.1. The Labute approximate surface area is 155 Å². The molecule has 0 spiro atoms. The molecule has 2 heterocycles. The van der Waals surface area contributed by atoms with Crippen molar-refractivity contribution < 1.29 is 11.2 Å². The Morgan fingerprint density at radius 2 is 1.96 bits per heavy atom. The van der Waals surface area contributed by atoms with Crippen molar-refractivity contribution in [1.82, 2.24) is 19.5 Å². The standard InChI is InChI=1S/C19H19FN4O2/c1-11-18(26)24(13-7-5-12(20)6-8-13)15(17(25)23-11)9-14-16(19(2,3)4)22-10-21-14/h5-10H,1H2,2-4H3,(H,21,22)(H,23,25)/i5D,6D,7D,8D,9D. The Bertz CT molecular complexity index is 1420. The van der Waals surface area contributed by atoms with Crippen LogP contribution < -0.4 is 21.8 Å². The average Bonchev–Trinajstić information content (AvgIpc) is 3.19. The number of aromatic nitrogens is 4. The Kier molecular flexibility index (Phi) is 2.93. The first kappa shape index (κ1) is 12.2. The Hall–Kier alpha value is -3.22. The fourth-order valence-corrected chi connectivity index (χ4v) is 2.39. The van der Waals surface area contributed by atoms with Gasteiger partial charge in [-0.3, -0.25) is 14.2 Å². The molecule has 0 radical (unpaired) electrons. The molecule has 0 saturated carbocycles. The third-order valence-electron chi connectivity index (χ3n) is 3.60. The molecule has 26 heavy (non-hydrogen) atoms. The van der Waals surface area contributed by atoms with Crippen molar-refractivity contribution >= 4 is 12.6 Å². The van der Waals surface area contributed by atoms with Crippen LogP contribution in [0.4, 0.5) is 4.39 Å². The number of halogens is 1. The fraction of sp³-hybridized carbons (Fsp3) is 0.211. The molecule has 0 aliphatic carbocycles. The zero-order valence-corrected chi connectivity index (χ0v) is 14.4. The molecule has 6 nitrogen and oxygen atoms in total. The molecular weight excluding hydrogens is 335 g/mol. The van der Waals surface area contributed by atoms with Crippen molar-refractivity contribution in [3.05, 3.63) is 79.1 Å².